The van der Waals surface area contributed by atoms with Gasteiger partial charge in [0, 0.05) is 18.8 Å². The molecule has 0 aromatic rings. The third-order valence-corrected chi connectivity index (χ3v) is 3.18. The van der Waals surface area contributed by atoms with E-state index < -0.39 is 5.97 Å². The number of nitrogens with one attached hydrogen (secondary N) is 1. The van der Waals surface area contributed by atoms with Crippen molar-refractivity contribution in [1.29, 1.82) is 0 Å². The fraction of sp³-hybridized carbons (Fsp3) is 0.750. The molecule has 3 heteroatoms. The van der Waals surface area contributed by atoms with Crippen molar-refractivity contribution in [3.8, 4) is 0 Å². The zero-order valence-corrected chi connectivity index (χ0v) is 9.41. The predicted molar refractivity (Wildman–Crippen MR) is 60.5 cm³/mol. The van der Waals surface area contributed by atoms with Gasteiger partial charge < -0.3 is 10.4 Å². The van der Waals surface area contributed by atoms with Crippen LogP contribution in [0.2, 0.25) is 0 Å². The summed E-state index contributed by atoms with van der Waals surface area (Å²) in [7, 11) is 0. The first-order valence-corrected chi connectivity index (χ1v) is 5.81. The maximum absolute atomic E-state index is 10.2. The van der Waals surface area contributed by atoms with Crippen LogP contribution in [-0.4, -0.2) is 17.6 Å². The number of carboxylic acid groups (broad SMARTS) is 1. The van der Waals surface area contributed by atoms with E-state index in [0.717, 1.165) is 30.9 Å². The quantitative estimate of drug-likeness (QED) is 0.542. The standard InChI is InChI=1S/C12H21NO2/c1-10-2-4-11(5-3-10)6-8-13-9-7-12(14)15/h7,9-11,13H,2-6,8H2,1H3,(H,14,15)/b9-7+. The zero-order chi connectivity index (χ0) is 11.1. The molecule has 0 bridgehead atoms. The number of rotatable bonds is 5. The lowest BCUT2D eigenvalue weighted by Gasteiger charge is -2.25. The van der Waals surface area contributed by atoms with Gasteiger partial charge in [0.05, 0.1) is 0 Å². The molecule has 0 amide bonds. The Morgan fingerprint density at radius 2 is 2.07 bits per heavy atom. The summed E-state index contributed by atoms with van der Waals surface area (Å²) in [6, 6.07) is 0. The van der Waals surface area contributed by atoms with Crippen molar-refractivity contribution in [2.24, 2.45) is 11.8 Å². The van der Waals surface area contributed by atoms with E-state index in [2.05, 4.69) is 12.2 Å². The molecule has 1 rings (SSSR count). The highest BCUT2D eigenvalue weighted by Crippen LogP contribution is 2.29. The number of carboxylic acids is 1. The van der Waals surface area contributed by atoms with Crippen LogP contribution < -0.4 is 5.32 Å². The Balaban J connectivity index is 2.03. The molecule has 15 heavy (non-hydrogen) atoms. The van der Waals surface area contributed by atoms with Crippen LogP contribution in [0.5, 0.6) is 0 Å². The van der Waals surface area contributed by atoms with Gasteiger partial charge in [0.2, 0.25) is 0 Å². The molecular weight excluding hydrogens is 190 g/mol. The lowest BCUT2D eigenvalue weighted by atomic mass is 9.81. The molecule has 0 unspecified atom stereocenters. The van der Waals surface area contributed by atoms with Crippen molar-refractivity contribution >= 4 is 5.97 Å². The molecule has 0 aromatic heterocycles. The average Bonchev–Trinajstić information content (AvgIpc) is 2.20. The molecule has 0 saturated heterocycles. The Bertz CT molecular complexity index is 218. The average molecular weight is 211 g/mol. The van der Waals surface area contributed by atoms with Gasteiger partial charge >= 0.3 is 5.97 Å². The van der Waals surface area contributed by atoms with Crippen molar-refractivity contribution in [3.63, 3.8) is 0 Å². The Labute approximate surface area is 91.6 Å². The number of hydrogen-bond acceptors (Lipinski definition) is 2. The minimum absolute atomic E-state index is 0.840. The smallest absolute Gasteiger partial charge is 0.329 e. The summed E-state index contributed by atoms with van der Waals surface area (Å²) < 4.78 is 0. The Hall–Kier alpha value is -0.990. The third kappa shape index (κ3) is 5.45. The Morgan fingerprint density at radius 3 is 2.67 bits per heavy atom. The minimum atomic E-state index is -0.894. The minimum Gasteiger partial charge on any atom is -0.478 e. The van der Waals surface area contributed by atoms with E-state index in [4.69, 9.17) is 5.11 Å². The van der Waals surface area contributed by atoms with Crippen LogP contribution in [0, 0.1) is 11.8 Å². The largest absolute Gasteiger partial charge is 0.478 e. The van der Waals surface area contributed by atoms with Crippen LogP contribution >= 0.6 is 0 Å². The van der Waals surface area contributed by atoms with Crippen molar-refractivity contribution < 1.29 is 9.90 Å². The number of carbonyl (C=O) groups is 1. The maximum Gasteiger partial charge on any atom is 0.329 e. The van der Waals surface area contributed by atoms with Gasteiger partial charge in [0.25, 0.3) is 0 Å². The zero-order valence-electron chi connectivity index (χ0n) is 9.41. The normalized spacial score (nSPS) is 26.7. The SMILES string of the molecule is CC1CCC(CCN/C=C/C(=O)O)CC1. The van der Waals surface area contributed by atoms with E-state index >= 15 is 0 Å². The van der Waals surface area contributed by atoms with Crippen molar-refractivity contribution in [2.45, 2.75) is 39.0 Å². The van der Waals surface area contributed by atoms with Gasteiger partial charge in [0.1, 0.15) is 0 Å². The maximum atomic E-state index is 10.2. The molecule has 1 fully saturated rings. The van der Waals surface area contributed by atoms with Gasteiger partial charge in [-0.15, -0.1) is 0 Å². The third-order valence-electron chi connectivity index (χ3n) is 3.18. The predicted octanol–water partition coefficient (Wildman–Crippen LogP) is 2.39. The summed E-state index contributed by atoms with van der Waals surface area (Å²) >= 11 is 0. The fourth-order valence-corrected chi connectivity index (χ4v) is 2.12. The summed E-state index contributed by atoms with van der Waals surface area (Å²) in [5, 5.41) is 11.4. The van der Waals surface area contributed by atoms with E-state index in [0.29, 0.717) is 0 Å². The molecule has 3 nitrogen and oxygen atoms in total. The van der Waals surface area contributed by atoms with Gasteiger partial charge in [-0.1, -0.05) is 32.6 Å². The van der Waals surface area contributed by atoms with Gasteiger partial charge in [-0.05, 0) is 18.3 Å². The highest BCUT2D eigenvalue weighted by atomic mass is 16.4. The summed E-state index contributed by atoms with van der Waals surface area (Å²) in [5.41, 5.74) is 0. The highest BCUT2D eigenvalue weighted by Gasteiger charge is 2.17. The summed E-state index contributed by atoms with van der Waals surface area (Å²) in [6.07, 6.45) is 9.22. The van der Waals surface area contributed by atoms with E-state index in [9.17, 15) is 4.79 Å². The molecule has 0 aromatic carbocycles. The van der Waals surface area contributed by atoms with Crippen LogP contribution in [0.3, 0.4) is 0 Å². The van der Waals surface area contributed by atoms with Gasteiger partial charge in [-0.25, -0.2) is 4.79 Å². The van der Waals surface area contributed by atoms with E-state index in [1.807, 2.05) is 0 Å². The molecule has 86 valence electrons. The second kappa shape index (κ2) is 6.49. The lowest BCUT2D eigenvalue weighted by molar-refractivity contribution is -0.131. The second-order valence-electron chi connectivity index (χ2n) is 4.54. The topological polar surface area (TPSA) is 49.3 Å². The second-order valence-corrected chi connectivity index (χ2v) is 4.54. The van der Waals surface area contributed by atoms with Gasteiger partial charge in [-0.3, -0.25) is 0 Å². The first kappa shape index (κ1) is 12.1. The molecule has 2 N–H and O–H groups in total. The molecule has 1 saturated carbocycles. The van der Waals surface area contributed by atoms with Crippen LogP contribution in [0.15, 0.2) is 12.3 Å². The summed E-state index contributed by atoms with van der Waals surface area (Å²) in [4.78, 5) is 10.2. The van der Waals surface area contributed by atoms with Gasteiger partial charge in [-0.2, -0.15) is 0 Å². The van der Waals surface area contributed by atoms with Crippen LogP contribution in [0.25, 0.3) is 0 Å². The number of aliphatic carboxylic acids is 1. The lowest BCUT2D eigenvalue weighted by Crippen LogP contribution is -2.17. The number of hydrogen-bond donors (Lipinski definition) is 2. The molecule has 0 atom stereocenters. The monoisotopic (exact) mass is 211 g/mol. The molecule has 1 aliphatic rings. The molecule has 0 spiro atoms. The van der Waals surface area contributed by atoms with Crippen molar-refractivity contribution in [3.05, 3.63) is 12.3 Å². The van der Waals surface area contributed by atoms with Crippen LogP contribution in [0.4, 0.5) is 0 Å². The van der Waals surface area contributed by atoms with Crippen molar-refractivity contribution in [2.75, 3.05) is 6.54 Å². The van der Waals surface area contributed by atoms with Gasteiger partial charge in [0.15, 0.2) is 0 Å². The summed E-state index contributed by atoms with van der Waals surface area (Å²) in [6.45, 7) is 3.22. The first-order valence-electron chi connectivity index (χ1n) is 5.81. The Morgan fingerprint density at radius 1 is 1.40 bits per heavy atom. The van der Waals surface area contributed by atoms with E-state index in [1.54, 1.807) is 0 Å². The van der Waals surface area contributed by atoms with Crippen molar-refractivity contribution in [1.82, 2.24) is 5.32 Å². The van der Waals surface area contributed by atoms with E-state index in [-0.39, 0.29) is 0 Å². The van der Waals surface area contributed by atoms with E-state index in [1.165, 1.54) is 31.9 Å². The fourth-order valence-electron chi connectivity index (χ4n) is 2.12. The molecule has 0 aliphatic heterocycles. The summed E-state index contributed by atoms with van der Waals surface area (Å²) in [5.74, 6) is 0.849. The molecule has 1 aliphatic carbocycles. The highest BCUT2D eigenvalue weighted by molar-refractivity contribution is 5.79. The molecular formula is C12H21NO2. The molecule has 0 heterocycles. The first-order chi connectivity index (χ1) is 7.18. The van der Waals surface area contributed by atoms with Crippen LogP contribution in [0.1, 0.15) is 39.0 Å². The Kier molecular flexibility index (Phi) is 5.22. The van der Waals surface area contributed by atoms with Crippen LogP contribution in [-0.2, 0) is 4.79 Å². The molecule has 0 radical (unpaired) electrons.